The first kappa shape index (κ1) is 19.2. The van der Waals surface area contributed by atoms with Crippen molar-refractivity contribution in [3.8, 4) is 17.2 Å². The zero-order valence-corrected chi connectivity index (χ0v) is 16.9. The topological polar surface area (TPSA) is 77.1 Å². The van der Waals surface area contributed by atoms with Crippen LogP contribution in [0.2, 0.25) is 0 Å². The number of anilines is 1. The Balaban J connectivity index is 1.12. The molecule has 0 aromatic heterocycles. The van der Waals surface area contributed by atoms with Gasteiger partial charge in [0.05, 0.1) is 0 Å². The SMILES string of the molecule is O=C(COc1ccc2ccccc2c1)NCC1CC(=O)N(c2ccc3c(c2)OCO3)C1. The Labute approximate surface area is 179 Å². The average Bonchev–Trinajstić information content (AvgIpc) is 3.41. The van der Waals surface area contributed by atoms with Gasteiger partial charge in [-0.15, -0.1) is 0 Å². The molecule has 0 saturated carbocycles. The number of carbonyl (C=O) groups excluding carboxylic acids is 2. The van der Waals surface area contributed by atoms with Crippen LogP contribution in [0, 0.1) is 5.92 Å². The van der Waals surface area contributed by atoms with Crippen molar-refractivity contribution < 1.29 is 23.8 Å². The van der Waals surface area contributed by atoms with Crippen LogP contribution in [-0.4, -0.2) is 38.3 Å². The Hall–Kier alpha value is -3.74. The molecule has 0 bridgehead atoms. The van der Waals surface area contributed by atoms with Crippen molar-refractivity contribution in [2.75, 3.05) is 31.4 Å². The normalized spacial score (nSPS) is 17.2. The molecule has 2 aliphatic heterocycles. The molecule has 3 aromatic rings. The third-order valence-electron chi connectivity index (χ3n) is 5.55. The van der Waals surface area contributed by atoms with Crippen LogP contribution < -0.4 is 24.4 Å². The van der Waals surface area contributed by atoms with Crippen molar-refractivity contribution in [2.45, 2.75) is 6.42 Å². The van der Waals surface area contributed by atoms with Gasteiger partial charge in [0.1, 0.15) is 5.75 Å². The first-order valence-corrected chi connectivity index (χ1v) is 10.2. The number of amides is 2. The van der Waals surface area contributed by atoms with Crippen LogP contribution in [0.1, 0.15) is 6.42 Å². The van der Waals surface area contributed by atoms with Gasteiger partial charge in [0, 0.05) is 37.2 Å². The fraction of sp³-hybridized carbons (Fsp3) is 0.250. The number of carbonyl (C=O) groups is 2. The van der Waals surface area contributed by atoms with Crippen molar-refractivity contribution >= 4 is 28.3 Å². The van der Waals surface area contributed by atoms with Gasteiger partial charge in [0.15, 0.2) is 18.1 Å². The molecule has 5 rings (SSSR count). The molecule has 1 atom stereocenters. The average molecular weight is 418 g/mol. The Kier molecular flexibility index (Phi) is 5.08. The standard InChI is InChI=1S/C24H22N2O5/c27-23(14-29-20-7-5-17-3-1-2-4-18(17)10-20)25-12-16-9-24(28)26(13-16)19-6-8-21-22(11-19)31-15-30-21/h1-8,10-11,16H,9,12-15H2,(H,25,27). The zero-order valence-electron chi connectivity index (χ0n) is 16.9. The van der Waals surface area contributed by atoms with Crippen LogP contribution in [0.25, 0.3) is 10.8 Å². The molecule has 31 heavy (non-hydrogen) atoms. The summed E-state index contributed by atoms with van der Waals surface area (Å²) >= 11 is 0. The second kappa shape index (κ2) is 8.18. The molecule has 3 aromatic carbocycles. The number of hydrogen-bond acceptors (Lipinski definition) is 5. The molecule has 1 N–H and O–H groups in total. The predicted octanol–water partition coefficient (Wildman–Crippen LogP) is 3.12. The lowest BCUT2D eigenvalue weighted by Gasteiger charge is -2.17. The minimum atomic E-state index is -0.206. The van der Waals surface area contributed by atoms with Crippen LogP contribution >= 0.6 is 0 Å². The van der Waals surface area contributed by atoms with Crippen LogP contribution in [0.15, 0.2) is 60.7 Å². The molecule has 7 heteroatoms. The molecule has 2 heterocycles. The van der Waals surface area contributed by atoms with Crippen LogP contribution in [0.5, 0.6) is 17.2 Å². The monoisotopic (exact) mass is 418 g/mol. The summed E-state index contributed by atoms with van der Waals surface area (Å²) in [5.74, 6) is 1.85. The van der Waals surface area contributed by atoms with Gasteiger partial charge in [-0.05, 0) is 35.0 Å². The minimum absolute atomic E-state index is 0.0329. The molecule has 1 unspecified atom stereocenters. The maximum Gasteiger partial charge on any atom is 0.257 e. The number of benzene rings is 3. The third kappa shape index (κ3) is 4.12. The van der Waals surface area contributed by atoms with E-state index in [9.17, 15) is 9.59 Å². The number of ether oxygens (including phenoxy) is 3. The molecule has 0 aliphatic carbocycles. The summed E-state index contributed by atoms with van der Waals surface area (Å²) in [4.78, 5) is 26.4. The van der Waals surface area contributed by atoms with Gasteiger partial charge >= 0.3 is 0 Å². The highest BCUT2D eigenvalue weighted by molar-refractivity contribution is 5.96. The molecule has 158 valence electrons. The van der Waals surface area contributed by atoms with Crippen LogP contribution in [0.3, 0.4) is 0 Å². The first-order chi connectivity index (χ1) is 15.2. The van der Waals surface area contributed by atoms with Gasteiger partial charge in [-0.2, -0.15) is 0 Å². The maximum atomic E-state index is 12.5. The lowest BCUT2D eigenvalue weighted by molar-refractivity contribution is -0.123. The molecule has 2 aliphatic rings. The van der Waals surface area contributed by atoms with E-state index in [4.69, 9.17) is 14.2 Å². The van der Waals surface area contributed by atoms with E-state index in [1.54, 1.807) is 4.90 Å². The van der Waals surface area contributed by atoms with E-state index in [0.717, 1.165) is 16.5 Å². The summed E-state index contributed by atoms with van der Waals surface area (Å²) < 4.78 is 16.3. The fourth-order valence-electron chi connectivity index (χ4n) is 3.94. The second-order valence-corrected chi connectivity index (χ2v) is 7.71. The highest BCUT2D eigenvalue weighted by Crippen LogP contribution is 2.37. The number of nitrogens with one attached hydrogen (secondary N) is 1. The van der Waals surface area contributed by atoms with E-state index in [-0.39, 0.29) is 31.1 Å². The molecule has 1 saturated heterocycles. The molecule has 1 fully saturated rings. The lowest BCUT2D eigenvalue weighted by Crippen LogP contribution is -2.34. The van der Waals surface area contributed by atoms with E-state index < -0.39 is 0 Å². The summed E-state index contributed by atoms with van der Waals surface area (Å²) in [6.45, 7) is 1.10. The van der Waals surface area contributed by atoms with E-state index in [0.29, 0.717) is 36.8 Å². The maximum absolute atomic E-state index is 12.5. The fourth-order valence-corrected chi connectivity index (χ4v) is 3.94. The third-order valence-corrected chi connectivity index (χ3v) is 5.55. The Bertz CT molecular complexity index is 1150. The quantitative estimate of drug-likeness (QED) is 0.666. The van der Waals surface area contributed by atoms with Crippen molar-refractivity contribution in [3.63, 3.8) is 0 Å². The Morgan fingerprint density at radius 2 is 1.87 bits per heavy atom. The van der Waals surface area contributed by atoms with Crippen molar-refractivity contribution in [1.82, 2.24) is 5.32 Å². The largest absolute Gasteiger partial charge is 0.484 e. The number of rotatable bonds is 6. The van der Waals surface area contributed by atoms with E-state index in [1.165, 1.54) is 0 Å². The van der Waals surface area contributed by atoms with Gasteiger partial charge in [0.2, 0.25) is 12.7 Å². The molecular formula is C24H22N2O5. The molecule has 7 nitrogen and oxygen atoms in total. The van der Waals surface area contributed by atoms with Gasteiger partial charge < -0.3 is 24.4 Å². The number of nitrogens with zero attached hydrogens (tertiary/aromatic N) is 1. The zero-order chi connectivity index (χ0) is 21.2. The minimum Gasteiger partial charge on any atom is -0.484 e. The van der Waals surface area contributed by atoms with Crippen molar-refractivity contribution in [2.24, 2.45) is 5.92 Å². The summed E-state index contributed by atoms with van der Waals surface area (Å²) in [5, 5.41) is 5.06. The smallest absolute Gasteiger partial charge is 0.257 e. The Morgan fingerprint density at radius 1 is 1.03 bits per heavy atom. The van der Waals surface area contributed by atoms with Gasteiger partial charge in [0.25, 0.3) is 5.91 Å². The molecule has 0 radical (unpaired) electrons. The first-order valence-electron chi connectivity index (χ1n) is 10.2. The summed E-state index contributed by atoms with van der Waals surface area (Å²) in [6.07, 6.45) is 0.389. The van der Waals surface area contributed by atoms with E-state index in [2.05, 4.69) is 5.32 Å². The molecule has 2 amide bonds. The van der Waals surface area contributed by atoms with E-state index >= 15 is 0 Å². The summed E-state index contributed by atoms with van der Waals surface area (Å²) in [6, 6.07) is 19.2. The van der Waals surface area contributed by atoms with Gasteiger partial charge in [-0.3, -0.25) is 9.59 Å². The van der Waals surface area contributed by atoms with Crippen molar-refractivity contribution in [3.05, 3.63) is 60.7 Å². The second-order valence-electron chi connectivity index (χ2n) is 7.71. The van der Waals surface area contributed by atoms with Crippen LogP contribution in [-0.2, 0) is 9.59 Å². The highest BCUT2D eigenvalue weighted by atomic mass is 16.7. The van der Waals surface area contributed by atoms with Crippen molar-refractivity contribution in [1.29, 1.82) is 0 Å². The van der Waals surface area contributed by atoms with Gasteiger partial charge in [-0.1, -0.05) is 30.3 Å². The number of fused-ring (bicyclic) bond motifs is 2. The predicted molar refractivity (Wildman–Crippen MR) is 115 cm³/mol. The lowest BCUT2D eigenvalue weighted by atomic mass is 10.1. The van der Waals surface area contributed by atoms with Gasteiger partial charge in [-0.25, -0.2) is 0 Å². The molecule has 0 spiro atoms. The Morgan fingerprint density at radius 3 is 2.77 bits per heavy atom. The number of hydrogen-bond donors (Lipinski definition) is 1. The van der Waals surface area contributed by atoms with Crippen LogP contribution in [0.4, 0.5) is 5.69 Å². The summed E-state index contributed by atoms with van der Waals surface area (Å²) in [7, 11) is 0. The molecular weight excluding hydrogens is 396 g/mol. The highest BCUT2D eigenvalue weighted by Gasteiger charge is 2.31. The van der Waals surface area contributed by atoms with E-state index in [1.807, 2.05) is 60.7 Å². The summed E-state index contributed by atoms with van der Waals surface area (Å²) in [5.41, 5.74) is 0.780.